The zero-order valence-electron chi connectivity index (χ0n) is 12.1. The third kappa shape index (κ3) is 3.57. The molecule has 2 aromatic rings. The molecule has 1 amide bonds. The molecule has 7 heteroatoms. The Hall–Kier alpha value is -2.41. The molecule has 0 saturated carbocycles. The summed E-state index contributed by atoms with van der Waals surface area (Å²) in [4.78, 5) is 23.7. The second kappa shape index (κ2) is 6.36. The van der Waals surface area contributed by atoms with E-state index in [0.717, 1.165) is 6.42 Å². The highest BCUT2D eigenvalue weighted by Crippen LogP contribution is 2.12. The van der Waals surface area contributed by atoms with Crippen LogP contribution in [0.25, 0.3) is 0 Å². The van der Waals surface area contributed by atoms with Crippen LogP contribution in [0.4, 0.5) is 5.69 Å². The van der Waals surface area contributed by atoms with E-state index < -0.39 is 6.04 Å². The van der Waals surface area contributed by atoms with E-state index in [4.69, 9.17) is 5.73 Å². The van der Waals surface area contributed by atoms with Gasteiger partial charge in [-0.15, -0.1) is 0 Å². The molecule has 0 aliphatic heterocycles. The van der Waals surface area contributed by atoms with Crippen molar-refractivity contribution in [2.24, 2.45) is 12.8 Å². The number of aryl methyl sites for hydroxylation is 2. The first kappa shape index (κ1) is 15.0. The predicted octanol–water partition coefficient (Wildman–Crippen LogP) is 0.630. The lowest BCUT2D eigenvalue weighted by Gasteiger charge is -2.12. The van der Waals surface area contributed by atoms with Crippen molar-refractivity contribution in [3.05, 3.63) is 46.6 Å². The first-order valence-corrected chi connectivity index (χ1v) is 6.76. The van der Waals surface area contributed by atoms with Crippen molar-refractivity contribution < 1.29 is 4.79 Å². The molecule has 0 aromatic carbocycles. The average Bonchev–Trinajstić information content (AvgIpc) is 2.88. The number of amides is 1. The Morgan fingerprint density at radius 1 is 1.43 bits per heavy atom. The van der Waals surface area contributed by atoms with Gasteiger partial charge in [-0.1, -0.05) is 6.92 Å². The van der Waals surface area contributed by atoms with Gasteiger partial charge in [-0.25, -0.2) is 0 Å². The van der Waals surface area contributed by atoms with Crippen LogP contribution < -0.4 is 16.6 Å². The molecule has 0 bridgehead atoms. The molecule has 2 rings (SSSR count). The van der Waals surface area contributed by atoms with Gasteiger partial charge in [0.05, 0.1) is 11.9 Å². The fourth-order valence-corrected chi connectivity index (χ4v) is 1.99. The van der Waals surface area contributed by atoms with Gasteiger partial charge in [-0.2, -0.15) is 5.10 Å². The molecule has 112 valence electrons. The van der Waals surface area contributed by atoms with E-state index in [1.807, 2.05) is 6.92 Å². The minimum Gasteiger partial charge on any atom is -0.323 e. The van der Waals surface area contributed by atoms with Crippen LogP contribution in [0.15, 0.2) is 35.5 Å². The second-order valence-corrected chi connectivity index (χ2v) is 4.86. The summed E-state index contributed by atoms with van der Waals surface area (Å²) < 4.78 is 3.15. The van der Waals surface area contributed by atoms with E-state index >= 15 is 0 Å². The molecule has 0 aliphatic rings. The van der Waals surface area contributed by atoms with Crippen LogP contribution in [-0.4, -0.2) is 20.3 Å². The van der Waals surface area contributed by atoms with Gasteiger partial charge >= 0.3 is 0 Å². The molecule has 0 saturated heterocycles. The number of rotatable bonds is 5. The topological polar surface area (TPSA) is 94.9 Å². The van der Waals surface area contributed by atoms with Crippen molar-refractivity contribution >= 4 is 11.6 Å². The fraction of sp³-hybridized carbons (Fsp3) is 0.357. The van der Waals surface area contributed by atoms with E-state index in [9.17, 15) is 9.59 Å². The van der Waals surface area contributed by atoms with E-state index in [2.05, 4.69) is 10.4 Å². The standard InChI is InChI=1S/C14H19N5O2/c1-3-6-19-9-11(4-5-12(19)20)17-14(21)13(15)10-7-16-18(2)8-10/h4-5,7-9,13H,3,6,15H2,1-2H3,(H,17,21). The molecule has 1 atom stereocenters. The van der Waals surface area contributed by atoms with Gasteiger partial charge in [0.25, 0.3) is 5.56 Å². The number of nitrogens with two attached hydrogens (primary N) is 1. The van der Waals surface area contributed by atoms with Gasteiger partial charge in [0, 0.05) is 37.6 Å². The summed E-state index contributed by atoms with van der Waals surface area (Å²) in [5, 5.41) is 6.70. The van der Waals surface area contributed by atoms with E-state index in [1.54, 1.807) is 41.0 Å². The Morgan fingerprint density at radius 3 is 2.81 bits per heavy atom. The summed E-state index contributed by atoms with van der Waals surface area (Å²) in [6.45, 7) is 2.59. The molecular weight excluding hydrogens is 270 g/mol. The van der Waals surface area contributed by atoms with Gasteiger partial charge in [-0.05, 0) is 12.5 Å². The highest BCUT2D eigenvalue weighted by atomic mass is 16.2. The van der Waals surface area contributed by atoms with Crippen molar-refractivity contribution in [1.82, 2.24) is 14.3 Å². The number of aromatic nitrogens is 3. The molecular formula is C14H19N5O2. The highest BCUT2D eigenvalue weighted by molar-refractivity contribution is 5.95. The van der Waals surface area contributed by atoms with Gasteiger partial charge in [0.15, 0.2) is 0 Å². The number of hydrogen-bond donors (Lipinski definition) is 2. The van der Waals surface area contributed by atoms with Gasteiger partial charge in [-0.3, -0.25) is 14.3 Å². The number of nitrogens with zero attached hydrogens (tertiary/aromatic N) is 3. The summed E-state index contributed by atoms with van der Waals surface area (Å²) in [5.74, 6) is -0.343. The maximum atomic E-state index is 12.1. The van der Waals surface area contributed by atoms with Crippen molar-refractivity contribution in [1.29, 1.82) is 0 Å². The van der Waals surface area contributed by atoms with E-state index in [1.165, 1.54) is 6.07 Å². The summed E-state index contributed by atoms with van der Waals surface area (Å²) in [7, 11) is 1.76. The molecule has 0 aliphatic carbocycles. The lowest BCUT2D eigenvalue weighted by Crippen LogP contribution is -2.28. The minimum absolute atomic E-state index is 0.0913. The van der Waals surface area contributed by atoms with Crippen molar-refractivity contribution in [2.75, 3.05) is 5.32 Å². The summed E-state index contributed by atoms with van der Waals surface area (Å²) in [6.07, 6.45) is 5.72. The summed E-state index contributed by atoms with van der Waals surface area (Å²) in [6, 6.07) is 2.20. The zero-order valence-corrected chi connectivity index (χ0v) is 12.1. The number of hydrogen-bond acceptors (Lipinski definition) is 4. The number of nitrogens with one attached hydrogen (secondary N) is 1. The largest absolute Gasteiger partial charge is 0.323 e. The van der Waals surface area contributed by atoms with Crippen LogP contribution in [0.2, 0.25) is 0 Å². The van der Waals surface area contributed by atoms with Gasteiger partial charge in [0.2, 0.25) is 5.91 Å². The Kier molecular flexibility index (Phi) is 4.54. The number of pyridine rings is 1. The number of carbonyl (C=O) groups is 1. The van der Waals surface area contributed by atoms with Crippen LogP contribution in [0.3, 0.4) is 0 Å². The van der Waals surface area contributed by atoms with Crippen molar-refractivity contribution in [3.63, 3.8) is 0 Å². The smallest absolute Gasteiger partial charge is 0.250 e. The zero-order chi connectivity index (χ0) is 15.4. The molecule has 0 spiro atoms. The summed E-state index contributed by atoms with van der Waals surface area (Å²) >= 11 is 0. The second-order valence-electron chi connectivity index (χ2n) is 4.86. The maximum absolute atomic E-state index is 12.1. The number of anilines is 1. The van der Waals surface area contributed by atoms with E-state index in [-0.39, 0.29) is 11.5 Å². The molecule has 2 aromatic heterocycles. The molecule has 2 heterocycles. The van der Waals surface area contributed by atoms with Gasteiger partial charge in [0.1, 0.15) is 6.04 Å². The van der Waals surface area contributed by atoms with E-state index in [0.29, 0.717) is 17.8 Å². The Balaban J connectivity index is 2.12. The lowest BCUT2D eigenvalue weighted by molar-refractivity contribution is -0.117. The van der Waals surface area contributed by atoms with Crippen LogP contribution in [-0.2, 0) is 18.4 Å². The predicted molar refractivity (Wildman–Crippen MR) is 79.8 cm³/mol. The molecule has 7 nitrogen and oxygen atoms in total. The quantitative estimate of drug-likeness (QED) is 0.844. The molecule has 3 N–H and O–H groups in total. The monoisotopic (exact) mass is 289 g/mol. The third-order valence-electron chi connectivity index (χ3n) is 3.08. The van der Waals surface area contributed by atoms with Crippen LogP contribution in [0.1, 0.15) is 24.9 Å². The van der Waals surface area contributed by atoms with Crippen molar-refractivity contribution in [3.8, 4) is 0 Å². The normalized spacial score (nSPS) is 12.1. The lowest BCUT2D eigenvalue weighted by atomic mass is 10.1. The maximum Gasteiger partial charge on any atom is 0.250 e. The molecule has 1 unspecified atom stereocenters. The van der Waals surface area contributed by atoms with Crippen LogP contribution in [0.5, 0.6) is 0 Å². The summed E-state index contributed by atoms with van der Waals surface area (Å²) in [5.41, 5.74) is 6.99. The average molecular weight is 289 g/mol. The first-order chi connectivity index (χ1) is 10.0. The molecule has 0 fully saturated rings. The van der Waals surface area contributed by atoms with Gasteiger partial charge < -0.3 is 15.6 Å². The Morgan fingerprint density at radius 2 is 2.19 bits per heavy atom. The fourth-order valence-electron chi connectivity index (χ4n) is 1.99. The Labute approximate surface area is 122 Å². The van der Waals surface area contributed by atoms with Crippen LogP contribution >= 0.6 is 0 Å². The third-order valence-corrected chi connectivity index (χ3v) is 3.08. The molecule has 0 radical (unpaired) electrons. The minimum atomic E-state index is -0.801. The Bertz CT molecular complexity index is 689. The van der Waals surface area contributed by atoms with Crippen molar-refractivity contribution in [2.45, 2.75) is 25.9 Å². The first-order valence-electron chi connectivity index (χ1n) is 6.76. The SMILES string of the molecule is CCCn1cc(NC(=O)C(N)c2cnn(C)c2)ccc1=O. The molecule has 21 heavy (non-hydrogen) atoms. The number of carbonyl (C=O) groups excluding carboxylic acids is 1. The van der Waals surface area contributed by atoms with Crippen LogP contribution in [0, 0.1) is 0 Å². The highest BCUT2D eigenvalue weighted by Gasteiger charge is 2.17.